The van der Waals surface area contributed by atoms with E-state index in [1.54, 1.807) is 6.08 Å². The van der Waals surface area contributed by atoms with E-state index in [9.17, 15) is 4.79 Å². The Labute approximate surface area is 251 Å². The first-order valence-corrected chi connectivity index (χ1v) is 14.5. The highest BCUT2D eigenvalue weighted by Crippen LogP contribution is 2.17. The average Bonchev–Trinajstić information content (AvgIpc) is 3.77. The maximum absolute atomic E-state index is 10.6. The van der Waals surface area contributed by atoms with Crippen LogP contribution in [0.3, 0.4) is 0 Å². The van der Waals surface area contributed by atoms with Crippen molar-refractivity contribution in [2.24, 2.45) is 16.9 Å². The van der Waals surface area contributed by atoms with Gasteiger partial charge >= 0.3 is 0 Å². The Balaban J connectivity index is -0.0000000935. The summed E-state index contributed by atoms with van der Waals surface area (Å²) in [7, 11) is 3.85. The molecule has 1 saturated carbocycles. The lowest BCUT2D eigenvalue weighted by molar-refractivity contribution is -0.114. The lowest BCUT2D eigenvalue weighted by Gasteiger charge is -2.23. The maximum atomic E-state index is 10.6. The van der Waals surface area contributed by atoms with Crippen LogP contribution in [0.15, 0.2) is 75.7 Å². The van der Waals surface area contributed by atoms with Gasteiger partial charge in [-0.3, -0.25) is 15.6 Å². The van der Waals surface area contributed by atoms with Crippen LogP contribution in [-0.4, -0.2) is 37.5 Å². The number of hydrogen-bond donors (Lipinski definition) is 4. The van der Waals surface area contributed by atoms with Crippen molar-refractivity contribution in [1.82, 2.24) is 15.8 Å². The van der Waals surface area contributed by atoms with Gasteiger partial charge in [0.2, 0.25) is 5.91 Å². The third-order valence-corrected chi connectivity index (χ3v) is 4.38. The van der Waals surface area contributed by atoms with Gasteiger partial charge in [0.1, 0.15) is 0 Å². The summed E-state index contributed by atoms with van der Waals surface area (Å²) in [5.41, 5.74) is 17.4. The Morgan fingerprint density at radius 2 is 1.43 bits per heavy atom. The maximum Gasteiger partial charge on any atom is 0.244 e. The molecular formula is C34H71N5O. The molecule has 6 heteroatoms. The smallest absolute Gasteiger partial charge is 0.244 e. The molecular weight excluding hydrogens is 494 g/mol. The van der Waals surface area contributed by atoms with Crippen molar-refractivity contribution in [1.29, 1.82) is 0 Å². The fourth-order valence-electron chi connectivity index (χ4n) is 1.89. The van der Waals surface area contributed by atoms with Gasteiger partial charge < -0.3 is 16.4 Å². The molecule has 0 unspecified atom stereocenters. The highest BCUT2D eigenvalue weighted by Gasteiger charge is 2.05. The van der Waals surface area contributed by atoms with Crippen LogP contribution in [0.1, 0.15) is 106 Å². The molecule has 0 spiro atoms. The van der Waals surface area contributed by atoms with Gasteiger partial charge in [-0.15, -0.1) is 19.7 Å². The van der Waals surface area contributed by atoms with Crippen LogP contribution < -0.4 is 22.3 Å². The molecule has 1 rings (SSSR count). The summed E-state index contributed by atoms with van der Waals surface area (Å²) in [5.74, 6) is -0.381. The summed E-state index contributed by atoms with van der Waals surface area (Å²) < 4.78 is 0. The van der Waals surface area contributed by atoms with E-state index < -0.39 is 0 Å². The van der Waals surface area contributed by atoms with E-state index in [0.717, 1.165) is 44.3 Å². The van der Waals surface area contributed by atoms with Crippen molar-refractivity contribution in [3.05, 3.63) is 75.7 Å². The number of nitrogens with one attached hydrogen (secondary N) is 2. The zero-order chi connectivity index (χ0) is 33.0. The number of carbonyl (C=O) groups is 1. The van der Waals surface area contributed by atoms with Crippen molar-refractivity contribution >= 4 is 5.91 Å². The summed E-state index contributed by atoms with van der Waals surface area (Å²) in [4.78, 5) is 12.6. The van der Waals surface area contributed by atoms with Gasteiger partial charge in [-0.25, -0.2) is 0 Å². The van der Waals surface area contributed by atoms with Gasteiger partial charge in [-0.05, 0) is 64.3 Å². The number of hydrogen-bond acceptors (Lipinski definition) is 5. The van der Waals surface area contributed by atoms with Crippen molar-refractivity contribution < 1.29 is 4.79 Å². The number of rotatable bonds is 12. The minimum absolute atomic E-state index is 0.381. The standard InChI is InChI=1S/C9H19N3O.C8H15N.C7H14.C3H6.C3H8.C2H5N.C2H4/c1-8(9(10)13)6-4-3-5-7-12-11-2;1-6-8(4)9(5)7(2)3;1-5-6-7(2,3)4;1-2-3-1;1-3-2;1-2-3;1-2/h11-12H,1,3-7H2,2H3,(H2,10,13);6-7H,1,4H2,2-3,5H3;5H,1,6H2,2-4H3;1-3H2;3H2,1-2H3;2H,1,3H2;1-2H2. The lowest BCUT2D eigenvalue weighted by Crippen LogP contribution is -2.28. The monoisotopic (exact) mass is 566 g/mol. The van der Waals surface area contributed by atoms with Crippen LogP contribution in [0.5, 0.6) is 0 Å². The first-order chi connectivity index (χ1) is 18.7. The van der Waals surface area contributed by atoms with Crippen LogP contribution >= 0.6 is 0 Å². The topological polar surface area (TPSA) is 96.4 Å². The normalized spacial score (nSPS) is 9.95. The van der Waals surface area contributed by atoms with Gasteiger partial charge in [0.15, 0.2) is 0 Å². The number of likely N-dealkylation sites (N-methyl/N-ethyl adjacent to an activating group) is 1. The quantitative estimate of drug-likeness (QED) is 0.0626. The van der Waals surface area contributed by atoms with E-state index >= 15 is 0 Å². The number of primary amides is 1. The second-order valence-electron chi connectivity index (χ2n) is 10.4. The number of unbranched alkanes of at least 4 members (excludes halogenated alkanes) is 2. The lowest BCUT2D eigenvalue weighted by atomic mass is 9.93. The molecule has 0 bridgehead atoms. The van der Waals surface area contributed by atoms with E-state index in [-0.39, 0.29) is 5.91 Å². The molecule has 6 nitrogen and oxygen atoms in total. The highest BCUT2D eigenvalue weighted by molar-refractivity contribution is 5.91. The third-order valence-electron chi connectivity index (χ3n) is 4.38. The van der Waals surface area contributed by atoms with Crippen LogP contribution in [0.2, 0.25) is 0 Å². The van der Waals surface area contributed by atoms with E-state index in [1.165, 1.54) is 31.9 Å². The highest BCUT2D eigenvalue weighted by atomic mass is 16.1. The molecule has 0 atom stereocenters. The molecule has 0 heterocycles. The Bertz CT molecular complexity index is 587. The molecule has 0 aromatic heterocycles. The molecule has 0 aliphatic heterocycles. The van der Waals surface area contributed by atoms with Gasteiger partial charge in [0, 0.05) is 30.9 Å². The van der Waals surface area contributed by atoms with Gasteiger partial charge in [-0.1, -0.05) is 99.1 Å². The summed E-state index contributed by atoms with van der Waals surface area (Å²) in [6.45, 7) is 39.8. The second kappa shape index (κ2) is 40.9. The molecule has 1 amide bonds. The summed E-state index contributed by atoms with van der Waals surface area (Å²) in [5, 5.41) is 0. The average molecular weight is 566 g/mol. The number of hydrazine groups is 1. The van der Waals surface area contributed by atoms with Gasteiger partial charge in [0.25, 0.3) is 0 Å². The van der Waals surface area contributed by atoms with E-state index in [4.69, 9.17) is 5.73 Å². The zero-order valence-electron chi connectivity index (χ0n) is 28.3. The molecule has 1 aliphatic carbocycles. The minimum Gasteiger partial charge on any atom is -0.405 e. The SMILES string of the molecule is C1CC1.C=C.C=C(CCCCCNNC)C(N)=O.C=CC(=C)N(C)C(C)C.C=CCC(C)(C)C.C=CN.CCC. The fourth-order valence-corrected chi connectivity index (χ4v) is 1.89. The predicted octanol–water partition coefficient (Wildman–Crippen LogP) is 8.42. The Morgan fingerprint density at radius 1 is 1.00 bits per heavy atom. The fraction of sp³-hybridized carbons (Fsp3) is 0.618. The summed E-state index contributed by atoms with van der Waals surface area (Å²) >= 11 is 0. The molecule has 0 aromatic rings. The van der Waals surface area contributed by atoms with Crippen LogP contribution in [0, 0.1) is 5.41 Å². The van der Waals surface area contributed by atoms with E-state index in [2.05, 4.69) is 116 Å². The Hall–Kier alpha value is -2.57. The third kappa shape index (κ3) is 70.4. The molecule has 1 fully saturated rings. The van der Waals surface area contributed by atoms with E-state index in [0.29, 0.717) is 17.0 Å². The van der Waals surface area contributed by atoms with Gasteiger partial charge in [-0.2, -0.15) is 0 Å². The van der Waals surface area contributed by atoms with E-state index in [1.807, 2.05) is 20.2 Å². The van der Waals surface area contributed by atoms with Crippen LogP contribution in [0.4, 0.5) is 0 Å². The minimum atomic E-state index is -0.381. The molecule has 1 aliphatic rings. The van der Waals surface area contributed by atoms with Crippen LogP contribution in [0.25, 0.3) is 0 Å². The molecule has 238 valence electrons. The van der Waals surface area contributed by atoms with Crippen molar-refractivity contribution in [3.8, 4) is 0 Å². The molecule has 0 radical (unpaired) electrons. The van der Waals surface area contributed by atoms with Gasteiger partial charge in [0.05, 0.1) is 0 Å². The zero-order valence-corrected chi connectivity index (χ0v) is 28.3. The largest absolute Gasteiger partial charge is 0.405 e. The first-order valence-electron chi connectivity index (χ1n) is 14.5. The molecule has 40 heavy (non-hydrogen) atoms. The number of nitrogens with two attached hydrogens (primary N) is 2. The Kier molecular flexibility index (Phi) is 51.4. The Morgan fingerprint density at radius 3 is 1.62 bits per heavy atom. The summed E-state index contributed by atoms with van der Waals surface area (Å²) in [6.07, 6.45) is 15.7. The number of allylic oxidation sites excluding steroid dienone is 2. The van der Waals surface area contributed by atoms with Crippen molar-refractivity contribution in [3.63, 3.8) is 0 Å². The predicted molar refractivity (Wildman–Crippen MR) is 186 cm³/mol. The number of amides is 1. The number of nitrogens with zero attached hydrogens (tertiary/aromatic N) is 1. The first kappa shape index (κ1) is 50.3. The van der Waals surface area contributed by atoms with Crippen LogP contribution in [-0.2, 0) is 4.79 Å². The molecule has 0 aromatic carbocycles. The van der Waals surface area contributed by atoms with Crippen molar-refractivity contribution in [2.45, 2.75) is 112 Å². The molecule has 6 N–H and O–H groups in total. The number of carbonyl (C=O) groups excluding carboxylic acids is 1. The van der Waals surface area contributed by atoms with Crippen molar-refractivity contribution in [2.75, 3.05) is 20.6 Å². The summed E-state index contributed by atoms with van der Waals surface area (Å²) in [6, 6.07) is 0.510. The second-order valence-corrected chi connectivity index (χ2v) is 10.4. The molecule has 0 saturated heterocycles.